The van der Waals surface area contributed by atoms with Gasteiger partial charge in [0.25, 0.3) is 5.91 Å². The molecule has 1 amide bonds. The molecule has 1 aliphatic carbocycles. The fourth-order valence-electron chi connectivity index (χ4n) is 1.88. The summed E-state index contributed by atoms with van der Waals surface area (Å²) in [6, 6.07) is 1.55. The zero-order valence-electron chi connectivity index (χ0n) is 10.6. The van der Waals surface area contributed by atoms with Crippen molar-refractivity contribution >= 4 is 27.8 Å². The average Bonchev–Trinajstić information content (AvgIpc) is 3.22. The SMILES string of the molecule is COC(=O)C[C@H](NC(=O)c1cncc(Br)c1)C1CC1. The largest absolute Gasteiger partial charge is 0.469 e. The first-order valence-corrected chi connectivity index (χ1v) is 6.87. The van der Waals surface area contributed by atoms with Crippen molar-refractivity contribution in [2.45, 2.75) is 25.3 Å². The van der Waals surface area contributed by atoms with Crippen molar-refractivity contribution in [1.82, 2.24) is 10.3 Å². The smallest absolute Gasteiger partial charge is 0.307 e. The second-order valence-electron chi connectivity index (χ2n) is 4.59. The third-order valence-electron chi connectivity index (χ3n) is 3.09. The van der Waals surface area contributed by atoms with E-state index in [9.17, 15) is 9.59 Å². The summed E-state index contributed by atoms with van der Waals surface area (Å²) in [4.78, 5) is 27.4. The van der Waals surface area contributed by atoms with Gasteiger partial charge in [0.2, 0.25) is 0 Å². The molecule has 2 rings (SSSR count). The van der Waals surface area contributed by atoms with Crippen LogP contribution in [0.2, 0.25) is 0 Å². The lowest BCUT2D eigenvalue weighted by molar-refractivity contribution is -0.141. The van der Waals surface area contributed by atoms with Gasteiger partial charge in [-0.25, -0.2) is 0 Å². The molecule has 0 spiro atoms. The van der Waals surface area contributed by atoms with Gasteiger partial charge in [0.15, 0.2) is 0 Å². The van der Waals surface area contributed by atoms with Gasteiger partial charge in [-0.1, -0.05) is 0 Å². The van der Waals surface area contributed by atoms with E-state index in [0.717, 1.165) is 17.3 Å². The number of methoxy groups -OCH3 is 1. The third kappa shape index (κ3) is 4.02. The minimum Gasteiger partial charge on any atom is -0.469 e. The number of amides is 1. The predicted molar refractivity (Wildman–Crippen MR) is 72.5 cm³/mol. The molecule has 1 fully saturated rings. The summed E-state index contributed by atoms with van der Waals surface area (Å²) in [6.07, 6.45) is 5.41. The van der Waals surface area contributed by atoms with Gasteiger partial charge in [-0.15, -0.1) is 0 Å². The summed E-state index contributed by atoms with van der Waals surface area (Å²) in [5.41, 5.74) is 0.477. The lowest BCUT2D eigenvalue weighted by atomic mass is 10.1. The first-order valence-electron chi connectivity index (χ1n) is 6.08. The van der Waals surface area contributed by atoms with Gasteiger partial charge >= 0.3 is 5.97 Å². The molecule has 0 aliphatic heterocycles. The van der Waals surface area contributed by atoms with Crippen LogP contribution in [-0.2, 0) is 9.53 Å². The molecule has 19 heavy (non-hydrogen) atoms. The van der Waals surface area contributed by atoms with Crippen LogP contribution in [0, 0.1) is 5.92 Å². The van der Waals surface area contributed by atoms with Crippen molar-refractivity contribution in [2.24, 2.45) is 5.92 Å². The standard InChI is InChI=1S/C13H15BrN2O3/c1-19-12(17)5-11(8-2-3-8)16-13(18)9-4-10(14)7-15-6-9/h4,6-8,11H,2-3,5H2,1H3,(H,16,18)/t11-/m0/s1. The van der Waals surface area contributed by atoms with E-state index in [1.165, 1.54) is 13.3 Å². The Labute approximate surface area is 119 Å². The molecule has 1 N–H and O–H groups in total. The number of halogens is 1. The Bertz CT molecular complexity index is 489. The quantitative estimate of drug-likeness (QED) is 0.839. The Hall–Kier alpha value is -1.43. The number of carbonyl (C=O) groups excluding carboxylic acids is 2. The topological polar surface area (TPSA) is 68.3 Å². The number of rotatable bonds is 5. The highest BCUT2D eigenvalue weighted by Gasteiger charge is 2.34. The van der Waals surface area contributed by atoms with Crippen LogP contribution in [0.1, 0.15) is 29.6 Å². The lowest BCUT2D eigenvalue weighted by Crippen LogP contribution is -2.38. The van der Waals surface area contributed by atoms with Crippen molar-refractivity contribution in [3.8, 4) is 0 Å². The Morgan fingerprint density at radius 1 is 1.53 bits per heavy atom. The molecule has 1 aromatic rings. The van der Waals surface area contributed by atoms with Crippen LogP contribution >= 0.6 is 15.9 Å². The highest BCUT2D eigenvalue weighted by Crippen LogP contribution is 2.34. The van der Waals surface area contributed by atoms with E-state index in [-0.39, 0.29) is 24.3 Å². The maximum atomic E-state index is 12.1. The molecule has 5 nitrogen and oxygen atoms in total. The third-order valence-corrected chi connectivity index (χ3v) is 3.52. The molecule has 1 saturated carbocycles. The normalized spacial score (nSPS) is 15.7. The second kappa shape index (κ2) is 6.14. The van der Waals surface area contributed by atoms with E-state index in [1.54, 1.807) is 12.3 Å². The van der Waals surface area contributed by atoms with Crippen LogP contribution < -0.4 is 5.32 Å². The van der Waals surface area contributed by atoms with Gasteiger partial charge < -0.3 is 10.1 Å². The van der Waals surface area contributed by atoms with Crippen LogP contribution in [-0.4, -0.2) is 30.0 Å². The summed E-state index contributed by atoms with van der Waals surface area (Å²) in [5, 5.41) is 2.89. The molecule has 1 atom stereocenters. The molecule has 6 heteroatoms. The molecule has 1 heterocycles. The van der Waals surface area contributed by atoms with Crippen molar-refractivity contribution in [2.75, 3.05) is 7.11 Å². The fraction of sp³-hybridized carbons (Fsp3) is 0.462. The monoisotopic (exact) mass is 326 g/mol. The first kappa shape index (κ1) is 14.0. The van der Waals surface area contributed by atoms with E-state index in [0.29, 0.717) is 11.5 Å². The summed E-state index contributed by atoms with van der Waals surface area (Å²) in [6.45, 7) is 0. The summed E-state index contributed by atoms with van der Waals surface area (Å²) in [5.74, 6) is -0.137. The van der Waals surface area contributed by atoms with E-state index < -0.39 is 0 Å². The van der Waals surface area contributed by atoms with E-state index in [2.05, 4.69) is 31.0 Å². The molecule has 0 bridgehead atoms. The molecule has 1 aromatic heterocycles. The van der Waals surface area contributed by atoms with Crippen molar-refractivity contribution in [1.29, 1.82) is 0 Å². The number of ether oxygens (including phenoxy) is 1. The van der Waals surface area contributed by atoms with Gasteiger partial charge in [-0.2, -0.15) is 0 Å². The Morgan fingerprint density at radius 2 is 2.26 bits per heavy atom. The number of carbonyl (C=O) groups is 2. The number of pyridine rings is 1. The molecule has 0 saturated heterocycles. The van der Waals surface area contributed by atoms with Crippen LogP contribution in [0.15, 0.2) is 22.9 Å². The minimum atomic E-state index is -0.301. The lowest BCUT2D eigenvalue weighted by Gasteiger charge is -2.17. The van der Waals surface area contributed by atoms with Gasteiger partial charge in [-0.3, -0.25) is 14.6 Å². The number of hydrogen-bond acceptors (Lipinski definition) is 4. The zero-order valence-corrected chi connectivity index (χ0v) is 12.1. The van der Waals surface area contributed by atoms with E-state index >= 15 is 0 Å². The van der Waals surface area contributed by atoms with Crippen molar-refractivity contribution in [3.05, 3.63) is 28.5 Å². The Morgan fingerprint density at radius 3 is 2.84 bits per heavy atom. The minimum absolute atomic E-state index is 0.154. The van der Waals surface area contributed by atoms with Gasteiger partial charge in [0.1, 0.15) is 0 Å². The fourth-order valence-corrected chi connectivity index (χ4v) is 2.25. The highest BCUT2D eigenvalue weighted by atomic mass is 79.9. The van der Waals surface area contributed by atoms with Crippen LogP contribution in [0.25, 0.3) is 0 Å². The Balaban J connectivity index is 2.00. The molecular weight excluding hydrogens is 312 g/mol. The number of esters is 1. The second-order valence-corrected chi connectivity index (χ2v) is 5.51. The molecule has 0 aromatic carbocycles. The first-order chi connectivity index (χ1) is 9.10. The molecule has 1 aliphatic rings. The van der Waals surface area contributed by atoms with Gasteiger partial charge in [-0.05, 0) is 40.8 Å². The predicted octanol–water partition coefficient (Wildman–Crippen LogP) is 1.92. The number of aromatic nitrogens is 1. The number of hydrogen-bond donors (Lipinski definition) is 1. The number of nitrogens with zero attached hydrogens (tertiary/aromatic N) is 1. The highest BCUT2D eigenvalue weighted by molar-refractivity contribution is 9.10. The number of nitrogens with one attached hydrogen (secondary N) is 1. The summed E-state index contributed by atoms with van der Waals surface area (Å²) >= 11 is 3.27. The van der Waals surface area contributed by atoms with Gasteiger partial charge in [0.05, 0.1) is 19.1 Å². The molecule has 0 radical (unpaired) electrons. The van der Waals surface area contributed by atoms with Crippen LogP contribution in [0.3, 0.4) is 0 Å². The van der Waals surface area contributed by atoms with Gasteiger partial charge in [0, 0.05) is 22.9 Å². The zero-order chi connectivity index (χ0) is 13.8. The maximum Gasteiger partial charge on any atom is 0.307 e. The summed E-state index contributed by atoms with van der Waals surface area (Å²) < 4.78 is 5.40. The van der Waals surface area contributed by atoms with Crippen LogP contribution in [0.5, 0.6) is 0 Å². The maximum absolute atomic E-state index is 12.1. The average molecular weight is 327 g/mol. The molecular formula is C13H15BrN2O3. The molecule has 102 valence electrons. The van der Waals surface area contributed by atoms with E-state index in [1.807, 2.05) is 0 Å². The summed E-state index contributed by atoms with van der Waals surface area (Å²) in [7, 11) is 1.35. The van der Waals surface area contributed by atoms with Crippen molar-refractivity contribution < 1.29 is 14.3 Å². The Kier molecular flexibility index (Phi) is 4.52. The van der Waals surface area contributed by atoms with Crippen LogP contribution in [0.4, 0.5) is 0 Å². The molecule has 0 unspecified atom stereocenters. The van der Waals surface area contributed by atoms with E-state index in [4.69, 9.17) is 0 Å². The van der Waals surface area contributed by atoms with Crippen molar-refractivity contribution in [3.63, 3.8) is 0 Å².